The van der Waals surface area contributed by atoms with Crippen LogP contribution >= 0.6 is 11.8 Å². The van der Waals surface area contributed by atoms with Crippen LogP contribution in [0.4, 0.5) is 0 Å². The van der Waals surface area contributed by atoms with Gasteiger partial charge in [0, 0.05) is 19.6 Å². The van der Waals surface area contributed by atoms with Crippen LogP contribution in [0.3, 0.4) is 0 Å². The third-order valence-electron chi connectivity index (χ3n) is 1.48. The zero-order valence-electron chi connectivity index (χ0n) is 9.62. The summed E-state index contributed by atoms with van der Waals surface area (Å²) in [5.74, 6) is 1.41. The minimum absolute atomic E-state index is 0.168. The Labute approximate surface area is 95.4 Å². The van der Waals surface area contributed by atoms with Crippen molar-refractivity contribution in [3.05, 3.63) is 0 Å². The SMILES string of the molecule is CCO/C(C)=N/OCCCCSC(C)=O. The van der Waals surface area contributed by atoms with Gasteiger partial charge >= 0.3 is 0 Å². The van der Waals surface area contributed by atoms with Gasteiger partial charge in [0.05, 0.1) is 6.61 Å². The maximum Gasteiger partial charge on any atom is 0.222 e. The molecular weight excluding hydrogens is 214 g/mol. The largest absolute Gasteiger partial charge is 0.479 e. The highest BCUT2D eigenvalue weighted by atomic mass is 32.2. The molecule has 0 amide bonds. The Morgan fingerprint density at radius 3 is 2.67 bits per heavy atom. The first-order chi connectivity index (χ1) is 7.16. The Bertz CT molecular complexity index is 207. The van der Waals surface area contributed by atoms with E-state index in [-0.39, 0.29) is 5.12 Å². The van der Waals surface area contributed by atoms with Gasteiger partial charge in [-0.25, -0.2) is 0 Å². The molecule has 5 heteroatoms. The van der Waals surface area contributed by atoms with E-state index in [1.807, 2.05) is 6.92 Å². The molecule has 0 aliphatic rings. The van der Waals surface area contributed by atoms with E-state index < -0.39 is 0 Å². The maximum atomic E-state index is 10.6. The van der Waals surface area contributed by atoms with Crippen molar-refractivity contribution in [1.29, 1.82) is 0 Å². The van der Waals surface area contributed by atoms with Crippen LogP contribution in [0, 0.1) is 0 Å². The van der Waals surface area contributed by atoms with Crippen LogP contribution in [0.2, 0.25) is 0 Å². The second-order valence-electron chi connectivity index (χ2n) is 2.92. The Morgan fingerprint density at radius 2 is 2.07 bits per heavy atom. The maximum absolute atomic E-state index is 10.6. The molecule has 0 aromatic heterocycles. The molecule has 0 aliphatic heterocycles. The molecule has 0 saturated heterocycles. The van der Waals surface area contributed by atoms with Crippen molar-refractivity contribution in [2.75, 3.05) is 19.0 Å². The molecule has 0 atom stereocenters. The quantitative estimate of drug-likeness (QED) is 0.293. The molecule has 0 N–H and O–H groups in total. The van der Waals surface area contributed by atoms with E-state index in [1.54, 1.807) is 13.8 Å². The summed E-state index contributed by atoms with van der Waals surface area (Å²) < 4.78 is 5.08. The smallest absolute Gasteiger partial charge is 0.222 e. The van der Waals surface area contributed by atoms with Gasteiger partial charge in [-0.3, -0.25) is 4.79 Å². The van der Waals surface area contributed by atoms with Crippen molar-refractivity contribution in [3.63, 3.8) is 0 Å². The monoisotopic (exact) mass is 233 g/mol. The third kappa shape index (κ3) is 11.2. The predicted molar refractivity (Wildman–Crippen MR) is 63.1 cm³/mol. The predicted octanol–water partition coefficient (Wildman–Crippen LogP) is 2.43. The fourth-order valence-electron chi connectivity index (χ4n) is 0.856. The first-order valence-corrected chi connectivity index (χ1v) is 6.08. The Kier molecular flexibility index (Phi) is 9.36. The van der Waals surface area contributed by atoms with Crippen LogP contribution in [0.5, 0.6) is 0 Å². The van der Waals surface area contributed by atoms with Gasteiger partial charge in [-0.1, -0.05) is 16.9 Å². The van der Waals surface area contributed by atoms with E-state index in [1.165, 1.54) is 11.8 Å². The van der Waals surface area contributed by atoms with E-state index in [9.17, 15) is 4.79 Å². The van der Waals surface area contributed by atoms with Crippen LogP contribution < -0.4 is 0 Å². The van der Waals surface area contributed by atoms with Crippen molar-refractivity contribution in [2.45, 2.75) is 33.6 Å². The highest BCUT2D eigenvalue weighted by Crippen LogP contribution is 2.05. The van der Waals surface area contributed by atoms with Crippen molar-refractivity contribution in [3.8, 4) is 0 Å². The molecule has 0 aromatic rings. The third-order valence-corrected chi connectivity index (χ3v) is 2.38. The Morgan fingerprint density at radius 1 is 1.33 bits per heavy atom. The van der Waals surface area contributed by atoms with Crippen LogP contribution in [0.25, 0.3) is 0 Å². The Hall–Kier alpha value is -0.710. The number of carbonyl (C=O) groups excluding carboxylic acids is 1. The van der Waals surface area contributed by atoms with Crippen molar-refractivity contribution in [2.24, 2.45) is 5.16 Å². The zero-order valence-corrected chi connectivity index (χ0v) is 10.4. The molecule has 4 nitrogen and oxygen atoms in total. The normalized spacial score (nSPS) is 11.3. The van der Waals surface area contributed by atoms with E-state index in [4.69, 9.17) is 9.57 Å². The fourth-order valence-corrected chi connectivity index (χ4v) is 1.49. The second kappa shape index (κ2) is 9.83. The van der Waals surface area contributed by atoms with E-state index >= 15 is 0 Å². The number of carbonyl (C=O) groups is 1. The minimum atomic E-state index is 0.168. The summed E-state index contributed by atoms with van der Waals surface area (Å²) in [7, 11) is 0. The van der Waals surface area contributed by atoms with Crippen LogP contribution in [0.15, 0.2) is 5.16 Å². The number of nitrogens with zero attached hydrogens (tertiary/aromatic N) is 1. The molecular formula is C10H19NO3S. The van der Waals surface area contributed by atoms with Gasteiger partial charge in [-0.05, 0) is 19.8 Å². The van der Waals surface area contributed by atoms with Crippen LogP contribution in [-0.2, 0) is 14.4 Å². The molecule has 88 valence electrons. The lowest BCUT2D eigenvalue weighted by Crippen LogP contribution is -2.00. The first-order valence-electron chi connectivity index (χ1n) is 5.09. The van der Waals surface area contributed by atoms with E-state index in [0.29, 0.717) is 19.1 Å². The molecule has 0 aromatic carbocycles. The highest BCUT2D eigenvalue weighted by molar-refractivity contribution is 8.13. The Balaban J connectivity index is 3.24. The van der Waals surface area contributed by atoms with Crippen molar-refractivity contribution < 1.29 is 14.4 Å². The molecule has 0 radical (unpaired) electrons. The lowest BCUT2D eigenvalue weighted by molar-refractivity contribution is -0.109. The number of ether oxygens (including phenoxy) is 1. The number of rotatable bonds is 7. The summed E-state index contributed by atoms with van der Waals surface area (Å²) in [6.45, 7) is 6.42. The van der Waals surface area contributed by atoms with Gasteiger partial charge in [0.1, 0.15) is 6.61 Å². The molecule has 0 aliphatic carbocycles. The molecule has 0 spiro atoms. The topological polar surface area (TPSA) is 47.9 Å². The number of hydrogen-bond acceptors (Lipinski definition) is 5. The van der Waals surface area contributed by atoms with Gasteiger partial charge in [0.2, 0.25) is 5.90 Å². The molecule has 0 unspecified atom stereocenters. The average molecular weight is 233 g/mol. The van der Waals surface area contributed by atoms with Gasteiger partial charge in [0.15, 0.2) is 5.12 Å². The number of oxime groups is 1. The molecule has 0 rings (SSSR count). The lowest BCUT2D eigenvalue weighted by Gasteiger charge is -2.02. The average Bonchev–Trinajstić information content (AvgIpc) is 2.16. The summed E-state index contributed by atoms with van der Waals surface area (Å²) in [6.07, 6.45) is 1.87. The molecule has 0 fully saturated rings. The molecule has 15 heavy (non-hydrogen) atoms. The minimum Gasteiger partial charge on any atom is -0.479 e. The number of thioether (sulfide) groups is 1. The summed E-state index contributed by atoms with van der Waals surface area (Å²) in [5.41, 5.74) is 0. The summed E-state index contributed by atoms with van der Waals surface area (Å²) in [6, 6.07) is 0. The zero-order chi connectivity index (χ0) is 11.5. The molecule has 0 heterocycles. The van der Waals surface area contributed by atoms with Gasteiger partial charge in [-0.15, -0.1) is 0 Å². The first kappa shape index (κ1) is 14.3. The van der Waals surface area contributed by atoms with Crippen molar-refractivity contribution >= 4 is 22.8 Å². The highest BCUT2D eigenvalue weighted by Gasteiger charge is 1.94. The van der Waals surface area contributed by atoms with Crippen LogP contribution in [-0.4, -0.2) is 30.0 Å². The number of unbranched alkanes of at least 4 members (excludes halogenated alkanes) is 1. The van der Waals surface area contributed by atoms with Crippen LogP contribution in [0.1, 0.15) is 33.6 Å². The second-order valence-corrected chi connectivity index (χ2v) is 4.20. The van der Waals surface area contributed by atoms with Crippen molar-refractivity contribution in [1.82, 2.24) is 0 Å². The summed E-state index contributed by atoms with van der Waals surface area (Å²) in [5, 5.41) is 3.94. The van der Waals surface area contributed by atoms with Gasteiger partial charge < -0.3 is 9.57 Å². The summed E-state index contributed by atoms with van der Waals surface area (Å²) in [4.78, 5) is 15.6. The fraction of sp³-hybridized carbons (Fsp3) is 0.800. The summed E-state index contributed by atoms with van der Waals surface area (Å²) >= 11 is 1.35. The van der Waals surface area contributed by atoms with E-state index in [2.05, 4.69) is 5.16 Å². The van der Waals surface area contributed by atoms with Gasteiger partial charge in [0.25, 0.3) is 0 Å². The number of hydrogen-bond donors (Lipinski definition) is 0. The van der Waals surface area contributed by atoms with E-state index in [0.717, 1.165) is 18.6 Å². The molecule has 0 saturated carbocycles. The van der Waals surface area contributed by atoms with Gasteiger partial charge in [-0.2, -0.15) is 0 Å². The molecule has 0 bridgehead atoms. The lowest BCUT2D eigenvalue weighted by atomic mass is 10.4. The standard InChI is InChI=1S/C10H19NO3S/c1-4-13-9(2)11-14-7-5-6-8-15-10(3)12/h4-8H2,1-3H3/b11-9+.